The predicted molar refractivity (Wildman–Crippen MR) is 97.8 cm³/mol. The van der Waals surface area contributed by atoms with Crippen molar-refractivity contribution in [1.29, 1.82) is 0 Å². The van der Waals surface area contributed by atoms with Gasteiger partial charge in [-0.2, -0.15) is 0 Å². The smallest absolute Gasteiger partial charge is 0.246 e. The van der Waals surface area contributed by atoms with E-state index in [0.29, 0.717) is 31.5 Å². The molecule has 6 heteroatoms. The van der Waals surface area contributed by atoms with Gasteiger partial charge >= 0.3 is 0 Å². The highest BCUT2D eigenvalue weighted by Crippen LogP contribution is 2.23. The Kier molecular flexibility index (Phi) is 5.60. The molecule has 3 rings (SSSR count). The van der Waals surface area contributed by atoms with Crippen molar-refractivity contribution in [1.82, 2.24) is 9.88 Å². The number of hydrogen-bond acceptors (Lipinski definition) is 5. The van der Waals surface area contributed by atoms with Gasteiger partial charge in [-0.05, 0) is 43.2 Å². The molecule has 0 atom stereocenters. The topological polar surface area (TPSA) is 59.5 Å². The first-order chi connectivity index (χ1) is 12.2. The van der Waals surface area contributed by atoms with Gasteiger partial charge in [0, 0.05) is 36.0 Å². The number of carbonyl (C=O) groups excluding carboxylic acids is 2. The molecule has 5 nitrogen and oxygen atoms in total. The zero-order valence-electron chi connectivity index (χ0n) is 14.1. The maximum Gasteiger partial charge on any atom is 0.246 e. The number of thiazole rings is 1. The SMILES string of the molecule is COc1ccc(C(=O)C2CCN(C(=O)C=Cc3cscn3)CC2)cc1. The van der Waals surface area contributed by atoms with Crippen LogP contribution in [0.15, 0.2) is 41.2 Å². The molecule has 1 saturated heterocycles. The van der Waals surface area contributed by atoms with Crippen molar-refractivity contribution in [3.8, 4) is 5.75 Å². The number of amides is 1. The second-order valence-electron chi connectivity index (χ2n) is 5.94. The van der Waals surface area contributed by atoms with Crippen LogP contribution >= 0.6 is 11.3 Å². The summed E-state index contributed by atoms with van der Waals surface area (Å²) in [6.07, 6.45) is 4.68. The fraction of sp³-hybridized carbons (Fsp3) is 0.316. The average Bonchev–Trinajstić information content (AvgIpc) is 3.19. The first-order valence-electron chi connectivity index (χ1n) is 8.21. The third-order valence-corrected chi connectivity index (χ3v) is 5.00. The highest BCUT2D eigenvalue weighted by Gasteiger charge is 2.27. The average molecular weight is 356 g/mol. The summed E-state index contributed by atoms with van der Waals surface area (Å²) in [7, 11) is 1.60. The number of likely N-dealkylation sites (tertiary alicyclic amines) is 1. The lowest BCUT2D eigenvalue weighted by Gasteiger charge is -2.30. The lowest BCUT2D eigenvalue weighted by atomic mass is 9.89. The normalized spacial score (nSPS) is 15.5. The summed E-state index contributed by atoms with van der Waals surface area (Å²) in [5.74, 6) is 0.833. The molecule has 0 spiro atoms. The third-order valence-electron chi connectivity index (χ3n) is 4.40. The van der Waals surface area contributed by atoms with Gasteiger partial charge in [0.15, 0.2) is 5.78 Å². The monoisotopic (exact) mass is 356 g/mol. The molecule has 0 N–H and O–H groups in total. The molecule has 1 aromatic heterocycles. The van der Waals surface area contributed by atoms with Gasteiger partial charge in [0.2, 0.25) is 5.91 Å². The summed E-state index contributed by atoms with van der Waals surface area (Å²) in [6, 6.07) is 7.20. The first kappa shape index (κ1) is 17.4. The van der Waals surface area contributed by atoms with Crippen LogP contribution in [0.25, 0.3) is 6.08 Å². The van der Waals surface area contributed by atoms with Crippen LogP contribution in [0.2, 0.25) is 0 Å². The number of nitrogens with zero attached hydrogens (tertiary/aromatic N) is 2. The van der Waals surface area contributed by atoms with E-state index in [-0.39, 0.29) is 17.6 Å². The van der Waals surface area contributed by atoms with Gasteiger partial charge in [-0.1, -0.05) is 0 Å². The molecule has 1 aromatic carbocycles. The zero-order chi connectivity index (χ0) is 17.6. The second kappa shape index (κ2) is 8.07. The number of benzene rings is 1. The predicted octanol–water partition coefficient (Wildman–Crippen LogP) is 3.29. The van der Waals surface area contributed by atoms with Gasteiger partial charge in [0.05, 0.1) is 18.3 Å². The maximum absolute atomic E-state index is 12.6. The zero-order valence-corrected chi connectivity index (χ0v) is 14.9. The molecule has 130 valence electrons. The van der Waals surface area contributed by atoms with Crippen molar-refractivity contribution in [3.63, 3.8) is 0 Å². The fourth-order valence-electron chi connectivity index (χ4n) is 2.92. The summed E-state index contributed by atoms with van der Waals surface area (Å²) >= 11 is 1.50. The number of methoxy groups -OCH3 is 1. The van der Waals surface area contributed by atoms with E-state index in [9.17, 15) is 9.59 Å². The Balaban J connectivity index is 1.54. The Labute approximate surface area is 150 Å². The van der Waals surface area contributed by atoms with Crippen LogP contribution in [0.5, 0.6) is 5.75 Å². The van der Waals surface area contributed by atoms with Crippen molar-refractivity contribution in [3.05, 3.63) is 52.5 Å². The quantitative estimate of drug-likeness (QED) is 0.609. The highest BCUT2D eigenvalue weighted by molar-refractivity contribution is 7.07. The molecule has 0 radical (unpaired) electrons. The van der Waals surface area contributed by atoms with Crippen molar-refractivity contribution >= 4 is 29.1 Å². The van der Waals surface area contributed by atoms with Crippen LogP contribution in [0.4, 0.5) is 0 Å². The molecule has 1 aliphatic rings. The van der Waals surface area contributed by atoms with E-state index in [0.717, 1.165) is 11.4 Å². The minimum absolute atomic E-state index is 0.0247. The summed E-state index contributed by atoms with van der Waals surface area (Å²) in [6.45, 7) is 1.21. The number of rotatable bonds is 5. The second-order valence-corrected chi connectivity index (χ2v) is 6.66. The summed E-state index contributed by atoms with van der Waals surface area (Å²) in [5, 5.41) is 1.89. The Morgan fingerprint density at radius 1 is 1.24 bits per heavy atom. The van der Waals surface area contributed by atoms with E-state index >= 15 is 0 Å². The number of Topliss-reactive ketones (excluding diaryl/α,β-unsaturated/α-hetero) is 1. The number of piperidine rings is 1. The number of ether oxygens (including phenoxy) is 1. The van der Waals surface area contributed by atoms with Crippen LogP contribution in [-0.4, -0.2) is 41.8 Å². The molecule has 1 aliphatic heterocycles. The van der Waals surface area contributed by atoms with Gasteiger partial charge in [-0.25, -0.2) is 4.98 Å². The maximum atomic E-state index is 12.6. The Hall–Kier alpha value is -2.47. The number of ketones is 1. The molecule has 2 aromatic rings. The number of hydrogen-bond donors (Lipinski definition) is 0. The molecule has 0 bridgehead atoms. The molecule has 1 fully saturated rings. The summed E-state index contributed by atoms with van der Waals surface area (Å²) < 4.78 is 5.12. The molecular formula is C19H20N2O3S. The van der Waals surface area contributed by atoms with Crippen LogP contribution in [0, 0.1) is 5.92 Å². The van der Waals surface area contributed by atoms with Crippen LogP contribution in [0.1, 0.15) is 28.9 Å². The summed E-state index contributed by atoms with van der Waals surface area (Å²) in [5.41, 5.74) is 3.23. The van der Waals surface area contributed by atoms with Gasteiger partial charge in [-0.3, -0.25) is 9.59 Å². The van der Waals surface area contributed by atoms with E-state index < -0.39 is 0 Å². The number of aromatic nitrogens is 1. The molecule has 2 heterocycles. The third kappa shape index (κ3) is 4.33. The largest absolute Gasteiger partial charge is 0.497 e. The van der Waals surface area contributed by atoms with E-state index in [1.807, 2.05) is 5.38 Å². The Morgan fingerprint density at radius 3 is 2.56 bits per heavy atom. The van der Waals surface area contributed by atoms with Crippen LogP contribution in [0.3, 0.4) is 0 Å². The fourth-order valence-corrected chi connectivity index (χ4v) is 3.44. The van der Waals surface area contributed by atoms with E-state index in [4.69, 9.17) is 4.74 Å². The molecule has 0 unspecified atom stereocenters. The first-order valence-corrected chi connectivity index (χ1v) is 9.15. The lowest BCUT2D eigenvalue weighted by Crippen LogP contribution is -2.39. The summed E-state index contributed by atoms with van der Waals surface area (Å²) in [4.78, 5) is 30.7. The highest BCUT2D eigenvalue weighted by atomic mass is 32.1. The van der Waals surface area contributed by atoms with Gasteiger partial charge < -0.3 is 9.64 Å². The number of carbonyl (C=O) groups is 2. The molecule has 25 heavy (non-hydrogen) atoms. The van der Waals surface area contributed by atoms with Crippen molar-refractivity contribution < 1.29 is 14.3 Å². The Morgan fingerprint density at radius 2 is 1.96 bits per heavy atom. The van der Waals surface area contributed by atoms with Gasteiger partial charge in [-0.15, -0.1) is 11.3 Å². The minimum atomic E-state index is -0.0278. The Bertz CT molecular complexity index is 745. The lowest BCUT2D eigenvalue weighted by molar-refractivity contribution is -0.127. The van der Waals surface area contributed by atoms with E-state index in [1.54, 1.807) is 53.9 Å². The molecular weight excluding hydrogens is 336 g/mol. The van der Waals surface area contributed by atoms with Crippen molar-refractivity contribution in [2.24, 2.45) is 5.92 Å². The van der Waals surface area contributed by atoms with Crippen LogP contribution in [-0.2, 0) is 4.79 Å². The van der Waals surface area contributed by atoms with Crippen molar-refractivity contribution in [2.45, 2.75) is 12.8 Å². The molecule has 0 aliphatic carbocycles. The van der Waals surface area contributed by atoms with Crippen molar-refractivity contribution in [2.75, 3.05) is 20.2 Å². The molecule has 1 amide bonds. The van der Waals surface area contributed by atoms with Gasteiger partial charge in [0.1, 0.15) is 5.75 Å². The van der Waals surface area contributed by atoms with E-state index in [2.05, 4.69) is 4.98 Å². The van der Waals surface area contributed by atoms with Crippen LogP contribution < -0.4 is 4.74 Å². The minimum Gasteiger partial charge on any atom is -0.497 e. The molecule has 0 saturated carbocycles. The van der Waals surface area contributed by atoms with E-state index in [1.165, 1.54) is 11.3 Å². The standard InChI is InChI=1S/C19H20N2O3S/c1-24-17-5-2-14(3-6-17)19(23)15-8-10-21(11-9-15)18(22)7-4-16-12-25-13-20-16/h2-7,12-13,15H,8-11H2,1H3. The van der Waals surface area contributed by atoms with Gasteiger partial charge in [0.25, 0.3) is 0 Å².